The van der Waals surface area contributed by atoms with E-state index in [2.05, 4.69) is 10.6 Å². The van der Waals surface area contributed by atoms with Crippen molar-refractivity contribution in [2.45, 2.75) is 13.3 Å². The van der Waals surface area contributed by atoms with Crippen molar-refractivity contribution >= 4 is 17.3 Å². The smallest absolute Gasteiger partial charge is 0.226 e. The summed E-state index contributed by atoms with van der Waals surface area (Å²) in [6.07, 6.45) is 0.342. The summed E-state index contributed by atoms with van der Waals surface area (Å²) >= 11 is 0. The number of amides is 1. The van der Waals surface area contributed by atoms with E-state index in [1.54, 1.807) is 14.2 Å². The van der Waals surface area contributed by atoms with Gasteiger partial charge in [0.2, 0.25) is 5.91 Å². The largest absolute Gasteiger partial charge is 0.495 e. The lowest BCUT2D eigenvalue weighted by atomic mass is 10.2. The lowest BCUT2D eigenvalue weighted by molar-refractivity contribution is -0.116. The van der Waals surface area contributed by atoms with Crippen LogP contribution in [0.5, 0.6) is 11.5 Å². The number of aryl methyl sites for hydroxylation is 1. The highest BCUT2D eigenvalue weighted by molar-refractivity contribution is 5.92. The van der Waals surface area contributed by atoms with Crippen molar-refractivity contribution in [3.05, 3.63) is 48.0 Å². The van der Waals surface area contributed by atoms with Gasteiger partial charge in [-0.1, -0.05) is 18.2 Å². The molecular formula is C18H22N2O3. The number of carbonyl (C=O) groups is 1. The molecule has 0 atom stereocenters. The highest BCUT2D eigenvalue weighted by atomic mass is 16.5. The third-order valence-electron chi connectivity index (χ3n) is 3.40. The fraction of sp³-hybridized carbons (Fsp3) is 0.278. The molecule has 0 aliphatic heterocycles. The molecule has 5 nitrogen and oxygen atoms in total. The minimum absolute atomic E-state index is 0.0729. The van der Waals surface area contributed by atoms with E-state index in [0.29, 0.717) is 24.4 Å². The predicted molar refractivity (Wildman–Crippen MR) is 92.5 cm³/mol. The number of benzene rings is 2. The molecule has 0 aliphatic rings. The van der Waals surface area contributed by atoms with Crippen LogP contribution in [0, 0.1) is 6.92 Å². The second-order valence-electron chi connectivity index (χ2n) is 5.13. The monoisotopic (exact) mass is 314 g/mol. The number of carbonyl (C=O) groups excluding carboxylic acids is 1. The van der Waals surface area contributed by atoms with Crippen LogP contribution in [0.15, 0.2) is 42.5 Å². The van der Waals surface area contributed by atoms with E-state index in [1.807, 2.05) is 49.4 Å². The number of hydrogen-bond acceptors (Lipinski definition) is 4. The third-order valence-corrected chi connectivity index (χ3v) is 3.40. The van der Waals surface area contributed by atoms with Crippen LogP contribution in [0.3, 0.4) is 0 Å². The van der Waals surface area contributed by atoms with Crippen molar-refractivity contribution in [3.8, 4) is 11.5 Å². The Labute approximate surface area is 136 Å². The van der Waals surface area contributed by atoms with Gasteiger partial charge < -0.3 is 20.1 Å². The molecule has 2 rings (SSSR count). The maximum atomic E-state index is 12.1. The maximum absolute atomic E-state index is 12.1. The van der Waals surface area contributed by atoms with Crippen molar-refractivity contribution in [1.82, 2.24) is 0 Å². The molecule has 0 aliphatic carbocycles. The molecule has 0 fully saturated rings. The molecule has 0 radical (unpaired) electrons. The lowest BCUT2D eigenvalue weighted by Crippen LogP contribution is -2.17. The van der Waals surface area contributed by atoms with Crippen molar-refractivity contribution in [2.75, 3.05) is 31.4 Å². The molecule has 2 aromatic carbocycles. The third kappa shape index (κ3) is 4.64. The van der Waals surface area contributed by atoms with Crippen molar-refractivity contribution in [1.29, 1.82) is 0 Å². The average Bonchev–Trinajstić information content (AvgIpc) is 2.55. The summed E-state index contributed by atoms with van der Waals surface area (Å²) < 4.78 is 10.5. The Morgan fingerprint density at radius 2 is 1.70 bits per heavy atom. The summed E-state index contributed by atoms with van der Waals surface area (Å²) in [6.45, 7) is 2.48. The second kappa shape index (κ2) is 8.08. The Morgan fingerprint density at radius 3 is 2.43 bits per heavy atom. The molecule has 0 bridgehead atoms. The first kappa shape index (κ1) is 16.7. The molecule has 0 saturated carbocycles. The fourth-order valence-electron chi connectivity index (χ4n) is 2.23. The molecule has 2 N–H and O–H groups in total. The van der Waals surface area contributed by atoms with Crippen LogP contribution >= 0.6 is 0 Å². The summed E-state index contributed by atoms with van der Waals surface area (Å²) in [5.41, 5.74) is 2.62. The van der Waals surface area contributed by atoms with Gasteiger partial charge in [-0.3, -0.25) is 4.79 Å². The average molecular weight is 314 g/mol. The lowest BCUT2D eigenvalue weighted by Gasteiger charge is -2.12. The zero-order valence-corrected chi connectivity index (χ0v) is 13.7. The molecule has 0 heterocycles. The molecule has 23 heavy (non-hydrogen) atoms. The summed E-state index contributed by atoms with van der Waals surface area (Å²) in [6, 6.07) is 13.3. The van der Waals surface area contributed by atoms with Crippen LogP contribution in [0.25, 0.3) is 0 Å². The number of nitrogens with one attached hydrogen (secondary N) is 2. The first-order chi connectivity index (χ1) is 11.1. The molecule has 5 heteroatoms. The summed E-state index contributed by atoms with van der Waals surface area (Å²) in [7, 11) is 3.21. The van der Waals surface area contributed by atoms with Gasteiger partial charge in [0.25, 0.3) is 0 Å². The first-order valence-corrected chi connectivity index (χ1v) is 7.45. The molecule has 0 unspecified atom stereocenters. The SMILES string of the molecule is COc1ccccc1NCCC(=O)Nc1cc(C)ccc1OC. The molecule has 0 saturated heterocycles. The summed E-state index contributed by atoms with van der Waals surface area (Å²) in [5, 5.41) is 6.09. The molecule has 122 valence electrons. The minimum Gasteiger partial charge on any atom is -0.495 e. The van der Waals surface area contributed by atoms with E-state index in [-0.39, 0.29) is 5.91 Å². The zero-order chi connectivity index (χ0) is 16.7. The van der Waals surface area contributed by atoms with Crippen LogP contribution in [0.2, 0.25) is 0 Å². The number of rotatable bonds is 7. The van der Waals surface area contributed by atoms with Crippen molar-refractivity contribution < 1.29 is 14.3 Å². The highest BCUT2D eigenvalue weighted by Crippen LogP contribution is 2.25. The standard InChI is InChI=1S/C18H22N2O3/c1-13-8-9-17(23-3)15(12-13)20-18(21)10-11-19-14-6-4-5-7-16(14)22-2/h4-9,12,19H,10-11H2,1-3H3,(H,20,21). The van der Waals surface area contributed by atoms with Gasteiger partial charge in [0.1, 0.15) is 11.5 Å². The van der Waals surface area contributed by atoms with Crippen molar-refractivity contribution in [3.63, 3.8) is 0 Å². The van der Waals surface area contributed by atoms with E-state index in [1.165, 1.54) is 0 Å². The van der Waals surface area contributed by atoms with E-state index >= 15 is 0 Å². The number of para-hydroxylation sites is 2. The van der Waals surface area contributed by atoms with Gasteiger partial charge in [-0.15, -0.1) is 0 Å². The van der Waals surface area contributed by atoms with Crippen LogP contribution < -0.4 is 20.1 Å². The van der Waals surface area contributed by atoms with E-state index < -0.39 is 0 Å². The Kier molecular flexibility index (Phi) is 5.86. The second-order valence-corrected chi connectivity index (χ2v) is 5.13. The Bertz CT molecular complexity index is 671. The van der Waals surface area contributed by atoms with Gasteiger partial charge in [0.05, 0.1) is 25.6 Å². The number of hydrogen-bond donors (Lipinski definition) is 2. The first-order valence-electron chi connectivity index (χ1n) is 7.45. The fourth-order valence-corrected chi connectivity index (χ4v) is 2.23. The van der Waals surface area contributed by atoms with Crippen LogP contribution in [-0.2, 0) is 4.79 Å². The summed E-state index contributed by atoms with van der Waals surface area (Å²) in [4.78, 5) is 12.1. The zero-order valence-electron chi connectivity index (χ0n) is 13.7. The van der Waals surface area contributed by atoms with E-state index in [4.69, 9.17) is 9.47 Å². The number of methoxy groups -OCH3 is 2. The van der Waals surface area contributed by atoms with E-state index in [9.17, 15) is 4.79 Å². The normalized spacial score (nSPS) is 10.0. The number of anilines is 2. The Morgan fingerprint density at radius 1 is 1.00 bits per heavy atom. The molecule has 0 spiro atoms. The molecule has 0 aromatic heterocycles. The van der Waals surface area contributed by atoms with Gasteiger partial charge in [0, 0.05) is 13.0 Å². The molecule has 2 aromatic rings. The topological polar surface area (TPSA) is 59.6 Å². The van der Waals surface area contributed by atoms with Gasteiger partial charge >= 0.3 is 0 Å². The van der Waals surface area contributed by atoms with Crippen molar-refractivity contribution in [2.24, 2.45) is 0 Å². The summed E-state index contributed by atoms with van der Waals surface area (Å²) in [5.74, 6) is 1.34. The molecule has 1 amide bonds. The van der Waals surface area contributed by atoms with E-state index in [0.717, 1.165) is 17.0 Å². The quantitative estimate of drug-likeness (QED) is 0.822. The van der Waals surface area contributed by atoms with Crippen LogP contribution in [-0.4, -0.2) is 26.7 Å². The Balaban J connectivity index is 1.89. The van der Waals surface area contributed by atoms with Gasteiger partial charge in [-0.05, 0) is 36.8 Å². The number of ether oxygens (including phenoxy) is 2. The van der Waals surface area contributed by atoms with Gasteiger partial charge in [-0.25, -0.2) is 0 Å². The van der Waals surface area contributed by atoms with Gasteiger partial charge in [-0.2, -0.15) is 0 Å². The molecular weight excluding hydrogens is 292 g/mol. The Hall–Kier alpha value is -2.69. The van der Waals surface area contributed by atoms with Gasteiger partial charge in [0.15, 0.2) is 0 Å². The minimum atomic E-state index is -0.0729. The van der Waals surface area contributed by atoms with Crippen LogP contribution in [0.1, 0.15) is 12.0 Å². The predicted octanol–water partition coefficient (Wildman–Crippen LogP) is 3.45. The maximum Gasteiger partial charge on any atom is 0.226 e. The van der Waals surface area contributed by atoms with Crippen LogP contribution in [0.4, 0.5) is 11.4 Å². The highest BCUT2D eigenvalue weighted by Gasteiger charge is 2.08.